The van der Waals surface area contributed by atoms with Gasteiger partial charge in [-0.05, 0) is 44.0 Å². The number of hydrogen-bond acceptors (Lipinski definition) is 4. The van der Waals surface area contributed by atoms with Crippen LogP contribution in [0.5, 0.6) is 0 Å². The highest BCUT2D eigenvalue weighted by molar-refractivity contribution is 8.00. The van der Waals surface area contributed by atoms with Crippen LogP contribution in [0.25, 0.3) is 0 Å². The highest BCUT2D eigenvalue weighted by Gasteiger charge is 2.30. The average molecular weight is 355 g/mol. The lowest BCUT2D eigenvalue weighted by Crippen LogP contribution is -2.38. The van der Waals surface area contributed by atoms with Gasteiger partial charge in [-0.1, -0.05) is 35.9 Å². The van der Waals surface area contributed by atoms with Gasteiger partial charge >= 0.3 is 5.97 Å². The van der Waals surface area contributed by atoms with Crippen LogP contribution in [0.1, 0.15) is 18.1 Å². The third-order valence-corrected chi connectivity index (χ3v) is 5.20. The molecule has 3 rings (SSSR count). The number of ether oxygens (including phenoxy) is 1. The molecular weight excluding hydrogens is 334 g/mol. The van der Waals surface area contributed by atoms with Crippen LogP contribution in [0.15, 0.2) is 53.4 Å². The van der Waals surface area contributed by atoms with Gasteiger partial charge in [0.15, 0.2) is 6.61 Å². The van der Waals surface area contributed by atoms with Crippen LogP contribution in [0.3, 0.4) is 0 Å². The van der Waals surface area contributed by atoms with Crippen LogP contribution in [-0.2, 0) is 20.7 Å². The van der Waals surface area contributed by atoms with Crippen LogP contribution >= 0.6 is 11.8 Å². The van der Waals surface area contributed by atoms with Crippen LogP contribution in [0.4, 0.5) is 5.69 Å². The van der Waals surface area contributed by atoms with E-state index in [1.807, 2.05) is 62.4 Å². The first-order chi connectivity index (χ1) is 12.0. The van der Waals surface area contributed by atoms with Gasteiger partial charge in [-0.15, -0.1) is 11.8 Å². The molecule has 1 heterocycles. The molecule has 130 valence electrons. The summed E-state index contributed by atoms with van der Waals surface area (Å²) in [6.07, 6.45) is 0.832. The van der Waals surface area contributed by atoms with E-state index in [0.29, 0.717) is 0 Å². The summed E-state index contributed by atoms with van der Waals surface area (Å²) in [6, 6.07) is 15.9. The Morgan fingerprint density at radius 3 is 2.64 bits per heavy atom. The zero-order valence-corrected chi connectivity index (χ0v) is 15.2. The number of benzene rings is 2. The Bertz CT molecular complexity index is 773. The van der Waals surface area contributed by atoms with E-state index in [1.165, 1.54) is 17.3 Å². The van der Waals surface area contributed by atoms with E-state index in [0.717, 1.165) is 22.6 Å². The summed E-state index contributed by atoms with van der Waals surface area (Å²) in [6.45, 7) is 3.81. The highest BCUT2D eigenvalue weighted by Crippen LogP contribution is 2.31. The maximum absolute atomic E-state index is 12.5. The van der Waals surface area contributed by atoms with E-state index >= 15 is 0 Å². The highest BCUT2D eigenvalue weighted by atomic mass is 32.2. The second-order valence-electron chi connectivity index (χ2n) is 6.21. The summed E-state index contributed by atoms with van der Waals surface area (Å²) in [4.78, 5) is 27.1. The fourth-order valence-electron chi connectivity index (χ4n) is 2.98. The third kappa shape index (κ3) is 4.23. The molecule has 0 saturated carbocycles. The normalized spacial score (nSPS) is 15.8. The van der Waals surface area contributed by atoms with Crippen molar-refractivity contribution < 1.29 is 14.3 Å². The molecule has 1 unspecified atom stereocenters. The number of rotatable bonds is 5. The van der Waals surface area contributed by atoms with Crippen molar-refractivity contribution in [3.8, 4) is 0 Å². The zero-order chi connectivity index (χ0) is 17.8. The lowest BCUT2D eigenvalue weighted by molar-refractivity contribution is -0.145. The second-order valence-corrected chi connectivity index (χ2v) is 7.26. The van der Waals surface area contributed by atoms with Gasteiger partial charge in [-0.25, -0.2) is 0 Å². The lowest BCUT2D eigenvalue weighted by atomic mass is 10.1. The number of para-hydroxylation sites is 1. The lowest BCUT2D eigenvalue weighted by Gasteiger charge is -2.22. The van der Waals surface area contributed by atoms with Gasteiger partial charge in [-0.2, -0.15) is 0 Å². The number of fused-ring (bicyclic) bond motifs is 1. The quantitative estimate of drug-likeness (QED) is 0.607. The van der Waals surface area contributed by atoms with Crippen molar-refractivity contribution in [1.82, 2.24) is 0 Å². The molecule has 2 aromatic rings. The van der Waals surface area contributed by atoms with Gasteiger partial charge in [0.25, 0.3) is 5.91 Å². The van der Waals surface area contributed by atoms with Crippen LogP contribution < -0.4 is 4.90 Å². The van der Waals surface area contributed by atoms with E-state index in [4.69, 9.17) is 4.74 Å². The van der Waals surface area contributed by atoms with Crippen LogP contribution in [-0.4, -0.2) is 30.3 Å². The monoisotopic (exact) mass is 355 g/mol. The fourth-order valence-corrected chi connectivity index (χ4v) is 3.67. The van der Waals surface area contributed by atoms with Crippen molar-refractivity contribution in [2.75, 3.05) is 17.3 Å². The molecule has 1 amide bonds. The smallest absolute Gasteiger partial charge is 0.316 e. The molecule has 0 fully saturated rings. The maximum atomic E-state index is 12.5. The Labute approximate surface area is 152 Å². The Kier molecular flexibility index (Phi) is 5.43. The summed E-state index contributed by atoms with van der Waals surface area (Å²) in [5.74, 6) is -0.354. The molecule has 5 heteroatoms. The molecule has 0 aliphatic carbocycles. The molecule has 0 aromatic heterocycles. The molecule has 0 bridgehead atoms. The van der Waals surface area contributed by atoms with E-state index in [1.54, 1.807) is 4.90 Å². The van der Waals surface area contributed by atoms with E-state index < -0.39 is 0 Å². The number of anilines is 1. The number of aryl methyl sites for hydroxylation is 1. The first-order valence-electron chi connectivity index (χ1n) is 8.29. The van der Waals surface area contributed by atoms with Crippen molar-refractivity contribution in [2.24, 2.45) is 0 Å². The minimum atomic E-state index is -0.376. The van der Waals surface area contributed by atoms with Crippen molar-refractivity contribution >= 4 is 29.3 Å². The number of carbonyl (C=O) groups is 2. The Balaban J connectivity index is 1.50. The van der Waals surface area contributed by atoms with Gasteiger partial charge in [0.05, 0.1) is 5.75 Å². The van der Waals surface area contributed by atoms with E-state index in [9.17, 15) is 9.59 Å². The first-order valence-corrected chi connectivity index (χ1v) is 9.28. The fraction of sp³-hybridized carbons (Fsp3) is 0.300. The van der Waals surface area contributed by atoms with Gasteiger partial charge in [0.1, 0.15) is 0 Å². The van der Waals surface area contributed by atoms with Gasteiger partial charge < -0.3 is 9.64 Å². The van der Waals surface area contributed by atoms with Gasteiger partial charge in [-0.3, -0.25) is 9.59 Å². The van der Waals surface area contributed by atoms with Gasteiger partial charge in [0.2, 0.25) is 0 Å². The molecule has 4 nitrogen and oxygen atoms in total. The Morgan fingerprint density at radius 2 is 1.88 bits per heavy atom. The van der Waals surface area contributed by atoms with Gasteiger partial charge in [0, 0.05) is 16.6 Å². The van der Waals surface area contributed by atoms with Crippen molar-refractivity contribution in [3.63, 3.8) is 0 Å². The summed E-state index contributed by atoms with van der Waals surface area (Å²) < 4.78 is 5.17. The summed E-state index contributed by atoms with van der Waals surface area (Å²) in [5, 5.41) is 0. The SMILES string of the molecule is Cc1ccc(SCC(=O)OCC(=O)N2c3ccccc3CC2C)cc1. The molecule has 1 atom stereocenters. The molecule has 0 saturated heterocycles. The summed E-state index contributed by atoms with van der Waals surface area (Å²) >= 11 is 1.41. The molecule has 1 aliphatic heterocycles. The minimum absolute atomic E-state index is 0.0885. The molecule has 0 spiro atoms. The standard InChI is InChI=1S/C20H21NO3S/c1-14-7-9-17(10-8-14)25-13-20(23)24-12-19(22)21-15(2)11-16-5-3-4-6-18(16)21/h3-10,15H,11-13H2,1-2H3. The number of carbonyl (C=O) groups excluding carboxylic acids is 2. The predicted octanol–water partition coefficient (Wildman–Crippen LogP) is 3.61. The predicted molar refractivity (Wildman–Crippen MR) is 100.0 cm³/mol. The Hall–Kier alpha value is -2.27. The van der Waals surface area contributed by atoms with Crippen LogP contribution in [0.2, 0.25) is 0 Å². The average Bonchev–Trinajstić information content (AvgIpc) is 2.95. The summed E-state index contributed by atoms with van der Waals surface area (Å²) in [5.41, 5.74) is 3.26. The first kappa shape index (κ1) is 17.5. The third-order valence-electron chi connectivity index (χ3n) is 4.21. The number of hydrogen-bond donors (Lipinski definition) is 0. The van der Waals surface area contributed by atoms with Crippen molar-refractivity contribution in [2.45, 2.75) is 31.2 Å². The molecular formula is C20H21NO3S. The van der Waals surface area contributed by atoms with Crippen LogP contribution in [0, 0.1) is 6.92 Å². The zero-order valence-electron chi connectivity index (χ0n) is 14.4. The largest absolute Gasteiger partial charge is 0.455 e. The van der Waals surface area contributed by atoms with Crippen molar-refractivity contribution in [1.29, 1.82) is 0 Å². The number of thioether (sulfide) groups is 1. The molecule has 1 aliphatic rings. The second kappa shape index (κ2) is 7.74. The maximum Gasteiger partial charge on any atom is 0.316 e. The summed E-state index contributed by atoms with van der Waals surface area (Å²) in [7, 11) is 0. The van der Waals surface area contributed by atoms with E-state index in [2.05, 4.69) is 0 Å². The Morgan fingerprint density at radius 1 is 1.16 bits per heavy atom. The molecule has 0 N–H and O–H groups in total. The number of nitrogens with zero attached hydrogens (tertiary/aromatic N) is 1. The number of amides is 1. The topological polar surface area (TPSA) is 46.6 Å². The molecule has 0 radical (unpaired) electrons. The van der Waals surface area contributed by atoms with E-state index in [-0.39, 0.29) is 30.3 Å². The minimum Gasteiger partial charge on any atom is -0.455 e. The van der Waals surface area contributed by atoms with Crippen molar-refractivity contribution in [3.05, 3.63) is 59.7 Å². The number of esters is 1. The molecule has 25 heavy (non-hydrogen) atoms. The molecule has 2 aromatic carbocycles.